The zero-order valence-corrected chi connectivity index (χ0v) is 11.9. The van der Waals surface area contributed by atoms with Crippen molar-refractivity contribution >= 4 is 10.1 Å². The summed E-state index contributed by atoms with van der Waals surface area (Å²) in [5.74, 6) is 0. The van der Waals surface area contributed by atoms with E-state index >= 15 is 0 Å². The molecule has 19 heavy (non-hydrogen) atoms. The molecule has 0 aliphatic carbocycles. The van der Waals surface area contributed by atoms with E-state index < -0.39 is 10.1 Å². The molecule has 0 radical (unpaired) electrons. The maximum Gasteiger partial charge on any atom is 0.295 e. The first kappa shape index (κ1) is 13.7. The highest BCUT2D eigenvalue weighted by Gasteiger charge is 2.22. The Morgan fingerprint density at radius 1 is 1.11 bits per heavy atom. The van der Waals surface area contributed by atoms with Gasteiger partial charge in [-0.1, -0.05) is 11.6 Å². The minimum atomic E-state index is -4.24. The van der Waals surface area contributed by atoms with Crippen LogP contribution in [0.3, 0.4) is 0 Å². The maximum atomic E-state index is 11.5. The number of pyridine rings is 1. The standard InChI is InChI=1S/C14H15NO3S/c1-10-7-8-14(19(16,17)18)12(9-10)13-6-4-5-11(2)15(13)3/h4-9H,1-3H3/p+1. The van der Waals surface area contributed by atoms with Gasteiger partial charge in [-0.3, -0.25) is 4.55 Å². The lowest BCUT2D eigenvalue weighted by Crippen LogP contribution is -2.34. The van der Waals surface area contributed by atoms with Gasteiger partial charge in [0.1, 0.15) is 11.9 Å². The molecule has 0 fully saturated rings. The molecule has 2 aromatic rings. The van der Waals surface area contributed by atoms with Crippen LogP contribution in [0.15, 0.2) is 41.3 Å². The second kappa shape index (κ2) is 4.75. The molecule has 0 atom stereocenters. The van der Waals surface area contributed by atoms with Crippen LogP contribution in [0.25, 0.3) is 11.3 Å². The van der Waals surface area contributed by atoms with Crippen molar-refractivity contribution in [3.05, 3.63) is 47.7 Å². The van der Waals surface area contributed by atoms with Crippen molar-refractivity contribution in [3.63, 3.8) is 0 Å². The number of hydrogen-bond acceptors (Lipinski definition) is 2. The van der Waals surface area contributed by atoms with E-state index in [2.05, 4.69) is 0 Å². The fraction of sp³-hybridized carbons (Fsp3) is 0.214. The number of aryl methyl sites for hydroxylation is 2. The number of rotatable bonds is 2. The molecule has 4 nitrogen and oxygen atoms in total. The quantitative estimate of drug-likeness (QED) is 0.675. The normalized spacial score (nSPS) is 11.6. The van der Waals surface area contributed by atoms with E-state index in [9.17, 15) is 13.0 Å². The molecule has 0 saturated heterocycles. The first-order chi connectivity index (χ1) is 8.80. The maximum absolute atomic E-state index is 11.5. The van der Waals surface area contributed by atoms with Crippen LogP contribution in [0, 0.1) is 13.8 Å². The van der Waals surface area contributed by atoms with E-state index in [1.165, 1.54) is 6.07 Å². The number of hydrogen-bond donors (Lipinski definition) is 1. The van der Waals surface area contributed by atoms with E-state index in [0.717, 1.165) is 17.0 Å². The summed E-state index contributed by atoms with van der Waals surface area (Å²) in [6, 6.07) is 10.5. The number of aromatic nitrogens is 1. The fourth-order valence-corrected chi connectivity index (χ4v) is 2.71. The first-order valence-corrected chi connectivity index (χ1v) is 7.29. The molecule has 0 amide bonds. The molecule has 1 N–H and O–H groups in total. The van der Waals surface area contributed by atoms with Gasteiger partial charge in [-0.15, -0.1) is 0 Å². The highest BCUT2D eigenvalue weighted by Crippen LogP contribution is 2.26. The summed E-state index contributed by atoms with van der Waals surface area (Å²) in [6.07, 6.45) is 0. The molecule has 1 aromatic heterocycles. The van der Waals surface area contributed by atoms with Crippen molar-refractivity contribution in [2.24, 2.45) is 7.05 Å². The van der Waals surface area contributed by atoms with E-state index in [4.69, 9.17) is 0 Å². The van der Waals surface area contributed by atoms with E-state index in [0.29, 0.717) is 5.56 Å². The van der Waals surface area contributed by atoms with Crippen LogP contribution in [0.5, 0.6) is 0 Å². The molecule has 0 aliphatic heterocycles. The molecule has 0 spiro atoms. The lowest BCUT2D eigenvalue weighted by molar-refractivity contribution is -0.666. The van der Waals surface area contributed by atoms with Crippen LogP contribution < -0.4 is 4.57 Å². The third-order valence-corrected chi connectivity index (χ3v) is 4.08. The van der Waals surface area contributed by atoms with Gasteiger partial charge >= 0.3 is 0 Å². The highest BCUT2D eigenvalue weighted by atomic mass is 32.2. The molecule has 5 heteroatoms. The lowest BCUT2D eigenvalue weighted by Gasteiger charge is -2.08. The second-order valence-corrected chi connectivity index (χ2v) is 5.98. The SMILES string of the molecule is Cc1ccc(S(=O)(=O)O)c(-c2cccc(C)[n+]2C)c1. The Labute approximate surface area is 113 Å². The molecular weight excluding hydrogens is 262 g/mol. The van der Waals surface area contributed by atoms with Gasteiger partial charge in [-0.25, -0.2) is 0 Å². The van der Waals surface area contributed by atoms with Gasteiger partial charge in [0.25, 0.3) is 10.1 Å². The van der Waals surface area contributed by atoms with Gasteiger partial charge in [0.05, 0.1) is 5.56 Å². The molecule has 0 aliphatic rings. The predicted molar refractivity (Wildman–Crippen MR) is 72.3 cm³/mol. The Balaban J connectivity index is 2.82. The summed E-state index contributed by atoms with van der Waals surface area (Å²) in [4.78, 5) is -0.0701. The summed E-state index contributed by atoms with van der Waals surface area (Å²) in [5, 5.41) is 0. The van der Waals surface area contributed by atoms with Gasteiger partial charge in [0, 0.05) is 19.1 Å². The minimum Gasteiger partial charge on any atom is -0.282 e. The van der Waals surface area contributed by atoms with Crippen molar-refractivity contribution in [1.82, 2.24) is 0 Å². The topological polar surface area (TPSA) is 58.3 Å². The van der Waals surface area contributed by atoms with Crippen LogP contribution in [0.4, 0.5) is 0 Å². The van der Waals surface area contributed by atoms with E-state index in [1.54, 1.807) is 12.1 Å². The van der Waals surface area contributed by atoms with Crippen LogP contribution in [-0.2, 0) is 17.2 Å². The Kier molecular flexibility index (Phi) is 3.43. The summed E-state index contributed by atoms with van der Waals surface area (Å²) in [7, 11) is -2.38. The van der Waals surface area contributed by atoms with E-state index in [1.807, 2.05) is 43.7 Å². The average molecular weight is 278 g/mol. The Morgan fingerprint density at radius 3 is 2.42 bits per heavy atom. The second-order valence-electron chi connectivity index (χ2n) is 4.59. The van der Waals surface area contributed by atoms with Crippen molar-refractivity contribution in [3.8, 4) is 11.3 Å². The van der Waals surface area contributed by atoms with Gasteiger partial charge in [0.2, 0.25) is 5.69 Å². The van der Waals surface area contributed by atoms with Gasteiger partial charge < -0.3 is 0 Å². The largest absolute Gasteiger partial charge is 0.295 e. The van der Waals surface area contributed by atoms with Crippen molar-refractivity contribution in [2.75, 3.05) is 0 Å². The van der Waals surface area contributed by atoms with Gasteiger partial charge in [0.15, 0.2) is 5.69 Å². The molecule has 0 unspecified atom stereocenters. The molecule has 1 aromatic carbocycles. The van der Waals surface area contributed by atoms with Crippen LogP contribution in [-0.4, -0.2) is 13.0 Å². The van der Waals surface area contributed by atoms with Crippen molar-refractivity contribution < 1.29 is 17.5 Å². The van der Waals surface area contributed by atoms with Crippen LogP contribution >= 0.6 is 0 Å². The van der Waals surface area contributed by atoms with Gasteiger partial charge in [-0.2, -0.15) is 13.0 Å². The van der Waals surface area contributed by atoms with E-state index in [-0.39, 0.29) is 4.90 Å². The third kappa shape index (κ3) is 2.67. The highest BCUT2D eigenvalue weighted by molar-refractivity contribution is 7.86. The lowest BCUT2D eigenvalue weighted by atomic mass is 10.1. The average Bonchev–Trinajstić information content (AvgIpc) is 2.31. The Morgan fingerprint density at radius 2 is 1.79 bits per heavy atom. The van der Waals surface area contributed by atoms with Crippen LogP contribution in [0.2, 0.25) is 0 Å². The number of benzene rings is 1. The molecule has 0 bridgehead atoms. The van der Waals surface area contributed by atoms with Crippen molar-refractivity contribution in [2.45, 2.75) is 18.7 Å². The third-order valence-electron chi connectivity index (χ3n) is 3.17. The molecule has 100 valence electrons. The molecular formula is C14H16NO3S+. The summed E-state index contributed by atoms with van der Waals surface area (Å²) >= 11 is 0. The summed E-state index contributed by atoms with van der Waals surface area (Å²) in [6.45, 7) is 3.82. The molecule has 1 heterocycles. The monoisotopic (exact) mass is 278 g/mol. The Bertz CT molecular complexity index is 736. The summed E-state index contributed by atoms with van der Waals surface area (Å²) < 4.78 is 34.2. The predicted octanol–water partition coefficient (Wildman–Crippen LogP) is 2.04. The number of nitrogens with zero attached hydrogens (tertiary/aromatic N) is 1. The minimum absolute atomic E-state index is 0.0701. The van der Waals surface area contributed by atoms with Crippen molar-refractivity contribution in [1.29, 1.82) is 0 Å². The smallest absolute Gasteiger partial charge is 0.282 e. The van der Waals surface area contributed by atoms with Crippen LogP contribution in [0.1, 0.15) is 11.3 Å². The molecule has 0 saturated carbocycles. The summed E-state index contributed by atoms with van der Waals surface area (Å²) in [5.41, 5.74) is 3.19. The molecule has 2 rings (SSSR count). The zero-order chi connectivity index (χ0) is 14.2. The van der Waals surface area contributed by atoms with Gasteiger partial charge in [-0.05, 0) is 25.1 Å². The Hall–Kier alpha value is -1.72. The first-order valence-electron chi connectivity index (χ1n) is 5.85. The fourth-order valence-electron chi connectivity index (χ4n) is 2.03. The zero-order valence-electron chi connectivity index (χ0n) is 11.1.